The van der Waals surface area contributed by atoms with Crippen LogP contribution in [0.3, 0.4) is 0 Å². The van der Waals surface area contributed by atoms with E-state index in [-0.39, 0.29) is 62.9 Å². The van der Waals surface area contributed by atoms with Gasteiger partial charge in [-0.05, 0) is 71.3 Å². The van der Waals surface area contributed by atoms with Crippen molar-refractivity contribution in [2.75, 3.05) is 38.5 Å². The molecule has 0 saturated carbocycles. The van der Waals surface area contributed by atoms with Crippen molar-refractivity contribution >= 4 is 66.0 Å². The smallest absolute Gasteiger partial charge is 0.322 e. The molecule has 22 nitrogen and oxygen atoms in total. The van der Waals surface area contributed by atoms with Crippen LogP contribution in [0, 0.1) is 0 Å². The van der Waals surface area contributed by atoms with Crippen LogP contribution < -0.4 is 61.0 Å². The van der Waals surface area contributed by atoms with E-state index in [1.54, 1.807) is 0 Å². The van der Waals surface area contributed by atoms with E-state index >= 15 is 0 Å². The fourth-order valence-electron chi connectivity index (χ4n) is 5.44. The molecule has 0 aromatic rings. The summed E-state index contributed by atoms with van der Waals surface area (Å²) >= 11 is 4.09. The molecule has 0 aromatic heterocycles. The normalized spacial score (nSPS) is 16.4. The number of amides is 6. The maximum Gasteiger partial charge on any atom is 0.322 e. The lowest BCUT2D eigenvalue weighted by Crippen LogP contribution is -2.59. The Hall–Kier alpha value is -4.90. The molecule has 1 aliphatic heterocycles. The van der Waals surface area contributed by atoms with Gasteiger partial charge >= 0.3 is 5.97 Å². The maximum atomic E-state index is 13.8. The monoisotopic (exact) mass is 786 g/mol. The molecule has 23 heteroatoms. The van der Waals surface area contributed by atoms with Gasteiger partial charge in [0.25, 0.3) is 0 Å². The highest BCUT2D eigenvalue weighted by Crippen LogP contribution is 2.19. The van der Waals surface area contributed by atoms with E-state index in [2.05, 4.69) is 49.2 Å². The molecule has 0 radical (unpaired) electrons. The molecular weight excluding hydrogens is 728 g/mol. The minimum absolute atomic E-state index is 0.00461. The Labute approximate surface area is 319 Å². The number of unbranched alkanes of at least 4 members (excludes halogenated alkanes) is 1. The average molecular weight is 787 g/mol. The molecule has 6 atom stereocenters. The highest BCUT2D eigenvalue weighted by molar-refractivity contribution is 7.80. The van der Waals surface area contributed by atoms with Crippen molar-refractivity contribution in [2.45, 2.75) is 101 Å². The van der Waals surface area contributed by atoms with Crippen LogP contribution in [0.2, 0.25) is 0 Å². The van der Waals surface area contributed by atoms with Gasteiger partial charge in [0.1, 0.15) is 36.8 Å². The molecule has 18 N–H and O–H groups in total. The van der Waals surface area contributed by atoms with E-state index in [1.807, 2.05) is 0 Å². The molecule has 6 amide bonds. The summed E-state index contributed by atoms with van der Waals surface area (Å²) in [5.74, 6) is -5.90. The van der Waals surface area contributed by atoms with Crippen molar-refractivity contribution in [3.05, 3.63) is 0 Å². The van der Waals surface area contributed by atoms with Gasteiger partial charge in [-0.2, -0.15) is 12.6 Å². The number of aliphatic imine (C=N–C) groups is 2. The molecule has 1 aliphatic rings. The molecule has 54 heavy (non-hydrogen) atoms. The van der Waals surface area contributed by atoms with Gasteiger partial charge in [0.05, 0.1) is 6.04 Å². The number of nitrogens with two attached hydrogens (primary N) is 6. The van der Waals surface area contributed by atoms with E-state index in [0.717, 1.165) is 0 Å². The summed E-state index contributed by atoms with van der Waals surface area (Å²) in [6, 6.07) is -6.59. The van der Waals surface area contributed by atoms with E-state index in [9.17, 15) is 33.6 Å². The summed E-state index contributed by atoms with van der Waals surface area (Å²) in [4.78, 5) is 99.8. The van der Waals surface area contributed by atoms with Crippen LogP contribution in [-0.4, -0.2) is 138 Å². The number of carbonyl (C=O) groups is 7. The SMILES string of the molecule is C[C@H](N)C(=O)N1CCC[C@H]1C(=O)N[C@@H](CCCN=C(N)N)C(=O)N[C@@H](CCCCN)C(=O)N[C@@H](CCCN=C(N)N)C(=O)N[C@@H](CS)C(=O)NCC(=O)O. The second kappa shape index (κ2) is 25.2. The van der Waals surface area contributed by atoms with Gasteiger partial charge in [-0.15, -0.1) is 0 Å². The first-order valence-electron chi connectivity index (χ1n) is 17.7. The Morgan fingerprint density at radius 2 is 1.24 bits per heavy atom. The highest BCUT2D eigenvalue weighted by atomic mass is 32.1. The van der Waals surface area contributed by atoms with Crippen molar-refractivity contribution in [3.8, 4) is 0 Å². The zero-order valence-corrected chi connectivity index (χ0v) is 31.5. The zero-order chi connectivity index (χ0) is 40.8. The largest absolute Gasteiger partial charge is 0.480 e. The number of carbonyl (C=O) groups excluding carboxylic acids is 6. The summed E-state index contributed by atoms with van der Waals surface area (Å²) < 4.78 is 0. The topological polar surface area (TPSA) is 384 Å². The Morgan fingerprint density at radius 3 is 1.69 bits per heavy atom. The van der Waals surface area contributed by atoms with E-state index in [1.165, 1.54) is 11.8 Å². The van der Waals surface area contributed by atoms with E-state index in [4.69, 9.17) is 39.5 Å². The number of nitrogens with one attached hydrogen (secondary N) is 5. The van der Waals surface area contributed by atoms with Gasteiger partial charge in [0, 0.05) is 25.4 Å². The van der Waals surface area contributed by atoms with Gasteiger partial charge in [0.2, 0.25) is 35.4 Å². The second-order valence-corrected chi connectivity index (χ2v) is 13.1. The van der Waals surface area contributed by atoms with Gasteiger partial charge in [-0.3, -0.25) is 43.5 Å². The molecular formula is C31H58N14O8S. The third-order valence-electron chi connectivity index (χ3n) is 8.19. The van der Waals surface area contributed by atoms with Crippen molar-refractivity contribution in [3.63, 3.8) is 0 Å². The van der Waals surface area contributed by atoms with Gasteiger partial charge in [-0.25, -0.2) is 0 Å². The van der Waals surface area contributed by atoms with Crippen molar-refractivity contribution in [1.82, 2.24) is 31.5 Å². The zero-order valence-electron chi connectivity index (χ0n) is 30.6. The number of nitrogens with zero attached hydrogens (tertiary/aromatic N) is 3. The molecule has 0 aromatic carbocycles. The fourth-order valence-corrected chi connectivity index (χ4v) is 5.69. The molecule has 0 unspecified atom stereocenters. The van der Waals surface area contributed by atoms with Crippen LogP contribution in [0.25, 0.3) is 0 Å². The molecule has 0 aliphatic carbocycles. The fraction of sp³-hybridized carbons (Fsp3) is 0.710. The Kier molecular flexibility index (Phi) is 22.0. The van der Waals surface area contributed by atoms with Crippen LogP contribution in [0.5, 0.6) is 0 Å². The standard InChI is InChI=1S/C31H58N14O8S/c1-17(33)29(53)45-14-6-10-22(45)28(52)43-20(9-5-13-39-31(36)37)26(50)41-18(7-2-3-11-32)25(49)42-19(8-4-12-38-30(34)35)27(51)44-21(16-54)24(48)40-15-23(46)47/h17-22,54H,2-16,32-33H2,1H3,(H,40,48)(H,41,50)(H,42,49)(H,43,52)(H,44,51)(H,46,47)(H4,34,35,38)(H4,36,37,39)/t17-,18-,19-,20-,21-,22-/m0/s1. The summed E-state index contributed by atoms with van der Waals surface area (Å²) in [5, 5.41) is 21.6. The summed E-state index contributed by atoms with van der Waals surface area (Å²) in [6.45, 7) is 1.69. The van der Waals surface area contributed by atoms with Crippen LogP contribution in [-0.2, 0) is 33.6 Å². The van der Waals surface area contributed by atoms with Crippen molar-refractivity contribution in [1.29, 1.82) is 0 Å². The summed E-state index contributed by atoms with van der Waals surface area (Å²) in [7, 11) is 0. The van der Waals surface area contributed by atoms with Gasteiger partial charge in [-0.1, -0.05) is 0 Å². The highest BCUT2D eigenvalue weighted by Gasteiger charge is 2.37. The average Bonchev–Trinajstić information content (AvgIpc) is 3.61. The Bertz CT molecular complexity index is 1340. The van der Waals surface area contributed by atoms with Gasteiger partial charge < -0.3 is 71.0 Å². The third kappa shape index (κ3) is 17.7. The number of aliphatic carboxylic acids is 1. The van der Waals surface area contributed by atoms with Crippen LogP contribution >= 0.6 is 12.6 Å². The van der Waals surface area contributed by atoms with Crippen molar-refractivity contribution in [2.24, 2.45) is 44.4 Å². The number of likely N-dealkylation sites (tertiary alicyclic amines) is 1. The first-order chi connectivity index (χ1) is 25.5. The number of hydrogen-bond acceptors (Lipinski definition) is 12. The van der Waals surface area contributed by atoms with Crippen LogP contribution in [0.15, 0.2) is 9.98 Å². The minimum atomic E-state index is -1.30. The third-order valence-corrected chi connectivity index (χ3v) is 8.56. The Morgan fingerprint density at radius 1 is 0.759 bits per heavy atom. The lowest BCUT2D eigenvalue weighted by Gasteiger charge is -2.29. The lowest BCUT2D eigenvalue weighted by atomic mass is 10.0. The lowest BCUT2D eigenvalue weighted by molar-refractivity contribution is -0.140. The first kappa shape index (κ1) is 47.1. The minimum Gasteiger partial charge on any atom is -0.480 e. The molecule has 1 saturated heterocycles. The second-order valence-electron chi connectivity index (χ2n) is 12.7. The number of carboxylic acids is 1. The van der Waals surface area contributed by atoms with E-state index in [0.29, 0.717) is 38.8 Å². The van der Waals surface area contributed by atoms with Crippen LogP contribution in [0.1, 0.15) is 64.7 Å². The predicted molar refractivity (Wildman–Crippen MR) is 203 cm³/mol. The Balaban J connectivity index is 3.31. The molecule has 1 fully saturated rings. The number of rotatable bonds is 25. The number of carboxylic acid groups (broad SMARTS) is 1. The molecule has 1 rings (SSSR count). The molecule has 306 valence electrons. The number of hydrogen-bond donors (Lipinski definition) is 13. The van der Waals surface area contributed by atoms with Gasteiger partial charge in [0.15, 0.2) is 11.9 Å². The maximum absolute atomic E-state index is 13.8. The van der Waals surface area contributed by atoms with Crippen LogP contribution in [0.4, 0.5) is 0 Å². The quantitative estimate of drug-likeness (QED) is 0.0178. The number of guanidine groups is 2. The van der Waals surface area contributed by atoms with E-state index < -0.39 is 84.2 Å². The molecule has 1 heterocycles. The summed E-state index contributed by atoms with van der Waals surface area (Å²) in [6.07, 6.45) is 2.45. The molecule has 0 bridgehead atoms. The predicted octanol–water partition coefficient (Wildman–Crippen LogP) is -5.37. The summed E-state index contributed by atoms with van der Waals surface area (Å²) in [5.41, 5.74) is 33.1. The number of thiol groups is 1. The van der Waals surface area contributed by atoms with Crippen molar-refractivity contribution < 1.29 is 38.7 Å². The first-order valence-corrected chi connectivity index (χ1v) is 18.3. The molecule has 0 spiro atoms.